The second-order valence-corrected chi connectivity index (χ2v) is 7.53. The van der Waals surface area contributed by atoms with Crippen molar-refractivity contribution in [3.63, 3.8) is 0 Å². The van der Waals surface area contributed by atoms with Crippen LogP contribution in [0.1, 0.15) is 11.1 Å². The van der Waals surface area contributed by atoms with Crippen molar-refractivity contribution in [3.05, 3.63) is 71.9 Å². The van der Waals surface area contributed by atoms with Crippen LogP contribution in [-0.2, 0) is 13.1 Å². The van der Waals surface area contributed by atoms with E-state index in [2.05, 4.69) is 29.0 Å². The molecule has 1 saturated heterocycles. The van der Waals surface area contributed by atoms with E-state index in [1.807, 2.05) is 47.1 Å². The van der Waals surface area contributed by atoms with Gasteiger partial charge < -0.3 is 20.5 Å². The molecule has 2 heterocycles. The maximum Gasteiger partial charge on any atom is 0.118 e. The topological polar surface area (TPSA) is 71.3 Å². The Hall–Kier alpha value is -2.38. The van der Waals surface area contributed by atoms with Gasteiger partial charge in [-0.15, -0.1) is 12.4 Å². The summed E-state index contributed by atoms with van der Waals surface area (Å²) in [4.78, 5) is 0. The van der Waals surface area contributed by atoms with Gasteiger partial charge in [0.2, 0.25) is 0 Å². The monoisotopic (exact) mass is 428 g/mol. The maximum atomic E-state index is 10.0. The van der Waals surface area contributed by atoms with Gasteiger partial charge in [0.1, 0.15) is 5.75 Å². The van der Waals surface area contributed by atoms with E-state index in [0.29, 0.717) is 13.1 Å². The highest BCUT2D eigenvalue weighted by molar-refractivity contribution is 5.85. The second kappa shape index (κ2) is 10.6. The van der Waals surface area contributed by atoms with Crippen molar-refractivity contribution in [2.75, 3.05) is 26.7 Å². The predicted octanol–water partition coefficient (Wildman–Crippen LogP) is 2.70. The van der Waals surface area contributed by atoms with Crippen molar-refractivity contribution < 1.29 is 9.84 Å². The highest BCUT2D eigenvalue weighted by Crippen LogP contribution is 2.25. The van der Waals surface area contributed by atoms with Crippen LogP contribution in [0.4, 0.5) is 0 Å². The number of hydrogen-bond acceptors (Lipinski definition) is 5. The molecule has 30 heavy (non-hydrogen) atoms. The van der Waals surface area contributed by atoms with Crippen molar-refractivity contribution >= 4 is 12.4 Å². The van der Waals surface area contributed by atoms with Crippen LogP contribution >= 0.6 is 12.4 Å². The number of methoxy groups -OCH3 is 1. The highest BCUT2D eigenvalue weighted by atomic mass is 35.5. The molecule has 7 heteroatoms. The fraction of sp³-hybridized carbons (Fsp3) is 0.348. The van der Waals surface area contributed by atoms with Crippen LogP contribution in [0.2, 0.25) is 0 Å². The lowest BCUT2D eigenvalue weighted by Gasteiger charge is -2.14. The van der Waals surface area contributed by atoms with Gasteiger partial charge in [-0.05, 0) is 29.8 Å². The molecule has 2 aromatic carbocycles. The van der Waals surface area contributed by atoms with E-state index < -0.39 is 0 Å². The van der Waals surface area contributed by atoms with Crippen molar-refractivity contribution in [1.29, 1.82) is 0 Å². The zero-order valence-electron chi connectivity index (χ0n) is 17.1. The van der Waals surface area contributed by atoms with Crippen LogP contribution < -0.4 is 15.4 Å². The molecule has 0 spiro atoms. The quantitative estimate of drug-likeness (QED) is 0.514. The van der Waals surface area contributed by atoms with Crippen LogP contribution in [0, 0.1) is 5.92 Å². The van der Waals surface area contributed by atoms with Crippen LogP contribution in [-0.4, -0.2) is 47.7 Å². The fourth-order valence-electron chi connectivity index (χ4n) is 3.76. The van der Waals surface area contributed by atoms with Gasteiger partial charge in [-0.1, -0.05) is 30.3 Å². The third-order valence-electron chi connectivity index (χ3n) is 5.41. The number of aliphatic hydroxyl groups is 1. The molecule has 2 atom stereocenters. The van der Waals surface area contributed by atoms with E-state index in [1.165, 1.54) is 5.56 Å². The number of nitrogens with zero attached hydrogens (tertiary/aromatic N) is 2. The van der Waals surface area contributed by atoms with Gasteiger partial charge in [0.15, 0.2) is 0 Å². The molecule has 160 valence electrons. The van der Waals surface area contributed by atoms with Crippen LogP contribution in [0.5, 0.6) is 5.75 Å². The number of aliphatic hydroxyl groups excluding tert-OH is 1. The molecule has 2 unspecified atom stereocenters. The number of hydrogen-bond donors (Lipinski definition) is 3. The standard InChI is InChI=1S/C23H28N4O2.ClH/c1-29-21-9-7-18(8-10-21)23-20(13-24-11-19-12-25-14-22(19)28)16-27(26-23)15-17-5-3-2-4-6-17;/h2-10,16,19,22,24-25,28H,11-15H2,1H3;1H. The lowest BCUT2D eigenvalue weighted by Crippen LogP contribution is -2.30. The minimum atomic E-state index is -0.274. The predicted molar refractivity (Wildman–Crippen MR) is 121 cm³/mol. The molecule has 6 nitrogen and oxygen atoms in total. The van der Waals surface area contributed by atoms with Gasteiger partial charge >= 0.3 is 0 Å². The fourth-order valence-corrected chi connectivity index (χ4v) is 3.76. The van der Waals surface area contributed by atoms with E-state index >= 15 is 0 Å². The number of ether oxygens (including phenoxy) is 1. The minimum Gasteiger partial charge on any atom is -0.497 e. The van der Waals surface area contributed by atoms with Gasteiger partial charge in [-0.3, -0.25) is 4.68 Å². The SMILES string of the molecule is COc1ccc(-c2nn(Cc3ccccc3)cc2CNCC2CNCC2O)cc1.Cl. The first-order valence-corrected chi connectivity index (χ1v) is 10.1. The summed E-state index contributed by atoms with van der Waals surface area (Å²) in [6, 6.07) is 18.4. The Morgan fingerprint density at radius 3 is 2.57 bits per heavy atom. The number of nitrogens with one attached hydrogen (secondary N) is 2. The zero-order valence-corrected chi connectivity index (χ0v) is 17.9. The zero-order chi connectivity index (χ0) is 20.1. The third-order valence-corrected chi connectivity index (χ3v) is 5.41. The molecule has 0 radical (unpaired) electrons. The van der Waals surface area contributed by atoms with Gasteiger partial charge in [0.25, 0.3) is 0 Å². The van der Waals surface area contributed by atoms with Crippen LogP contribution in [0.25, 0.3) is 11.3 Å². The van der Waals surface area contributed by atoms with Gasteiger partial charge in [0, 0.05) is 49.4 Å². The van der Waals surface area contributed by atoms with Crippen LogP contribution in [0.15, 0.2) is 60.8 Å². The normalized spacial score (nSPS) is 18.2. The molecule has 1 aliphatic heterocycles. The Morgan fingerprint density at radius 2 is 1.90 bits per heavy atom. The number of halogens is 1. The summed E-state index contributed by atoms with van der Waals surface area (Å²) >= 11 is 0. The number of benzene rings is 2. The molecule has 3 aromatic rings. The van der Waals surface area contributed by atoms with E-state index in [-0.39, 0.29) is 24.4 Å². The second-order valence-electron chi connectivity index (χ2n) is 7.53. The highest BCUT2D eigenvalue weighted by Gasteiger charge is 2.24. The van der Waals surface area contributed by atoms with Crippen molar-refractivity contribution in [3.8, 4) is 17.0 Å². The molecular weight excluding hydrogens is 400 g/mol. The Labute approximate surface area is 183 Å². The summed E-state index contributed by atoms with van der Waals surface area (Å²) in [5.41, 5.74) is 4.40. The summed E-state index contributed by atoms with van der Waals surface area (Å²) in [6.07, 6.45) is 1.84. The van der Waals surface area contributed by atoms with Gasteiger partial charge in [-0.2, -0.15) is 5.10 Å². The van der Waals surface area contributed by atoms with Crippen LogP contribution in [0.3, 0.4) is 0 Å². The first kappa shape index (κ1) is 22.3. The molecule has 0 amide bonds. The van der Waals surface area contributed by atoms with Gasteiger partial charge in [0.05, 0.1) is 25.5 Å². The molecule has 0 aliphatic carbocycles. The Kier molecular flexibility index (Phi) is 7.87. The van der Waals surface area contributed by atoms with E-state index in [0.717, 1.165) is 42.2 Å². The van der Waals surface area contributed by atoms with Crippen molar-refractivity contribution in [1.82, 2.24) is 20.4 Å². The maximum absolute atomic E-state index is 10.0. The van der Waals surface area contributed by atoms with E-state index in [9.17, 15) is 5.11 Å². The smallest absolute Gasteiger partial charge is 0.118 e. The Morgan fingerprint density at radius 1 is 1.13 bits per heavy atom. The Balaban J connectivity index is 0.00000256. The average molecular weight is 429 g/mol. The summed E-state index contributed by atoms with van der Waals surface area (Å²) in [5.74, 6) is 1.08. The molecular formula is C23H29ClN4O2. The number of β-amino-alcohol motifs (C(OH)–C–C–N with tert-alkyl or cyclic N) is 1. The van der Waals surface area contributed by atoms with E-state index in [1.54, 1.807) is 7.11 Å². The molecule has 3 N–H and O–H groups in total. The largest absolute Gasteiger partial charge is 0.497 e. The number of aromatic nitrogens is 2. The number of rotatable bonds is 8. The summed E-state index contributed by atoms with van der Waals surface area (Å²) in [5, 5.41) is 21.6. The molecule has 0 bridgehead atoms. The van der Waals surface area contributed by atoms with Crippen molar-refractivity contribution in [2.24, 2.45) is 5.92 Å². The summed E-state index contributed by atoms with van der Waals surface area (Å²) in [7, 11) is 1.67. The minimum absolute atomic E-state index is 0. The Bertz CT molecular complexity index is 915. The molecule has 1 fully saturated rings. The van der Waals surface area contributed by atoms with E-state index in [4.69, 9.17) is 9.84 Å². The first-order valence-electron chi connectivity index (χ1n) is 10.1. The third kappa shape index (κ3) is 5.40. The summed E-state index contributed by atoms with van der Waals surface area (Å²) < 4.78 is 7.28. The molecule has 4 rings (SSSR count). The first-order chi connectivity index (χ1) is 14.2. The molecule has 1 aromatic heterocycles. The summed E-state index contributed by atoms with van der Waals surface area (Å²) in [6.45, 7) is 3.75. The molecule has 0 saturated carbocycles. The average Bonchev–Trinajstić information content (AvgIpc) is 3.35. The molecule has 1 aliphatic rings. The van der Waals surface area contributed by atoms with Gasteiger partial charge in [-0.25, -0.2) is 0 Å². The lowest BCUT2D eigenvalue weighted by molar-refractivity contribution is 0.146. The lowest BCUT2D eigenvalue weighted by atomic mass is 10.1. The van der Waals surface area contributed by atoms with Crippen molar-refractivity contribution in [2.45, 2.75) is 19.2 Å².